The van der Waals surface area contributed by atoms with Crippen molar-refractivity contribution < 1.29 is 22.5 Å². The Labute approximate surface area is 131 Å². The molecule has 0 unspecified atom stereocenters. The zero-order valence-corrected chi connectivity index (χ0v) is 13.5. The van der Waals surface area contributed by atoms with Crippen molar-refractivity contribution in [2.75, 3.05) is 0 Å². The maximum atomic E-state index is 13.0. The molecule has 0 saturated carbocycles. The first-order valence-electron chi connectivity index (χ1n) is 6.27. The number of hydrogen-bond donors (Lipinski definition) is 0. The third-order valence-corrected chi connectivity index (χ3v) is 4.68. The number of benzene rings is 1. The van der Waals surface area contributed by atoms with Crippen LogP contribution < -0.4 is 5.46 Å². The highest BCUT2D eigenvalue weighted by atomic mass is 35.5. The highest BCUT2D eigenvalue weighted by molar-refractivity contribution is 6.62. The predicted molar refractivity (Wildman–Crippen MR) is 77.2 cm³/mol. The summed E-state index contributed by atoms with van der Waals surface area (Å²) in [5, 5.41) is -0.708. The van der Waals surface area contributed by atoms with Gasteiger partial charge >= 0.3 is 13.3 Å². The molecule has 116 valence electrons. The molecule has 1 saturated heterocycles. The molecule has 2 rings (SSSR count). The molecule has 0 spiro atoms. The molecule has 0 radical (unpaired) electrons. The van der Waals surface area contributed by atoms with E-state index in [1.54, 1.807) is 0 Å². The van der Waals surface area contributed by atoms with Gasteiger partial charge in [0.15, 0.2) is 0 Å². The summed E-state index contributed by atoms with van der Waals surface area (Å²) in [7, 11) is -0.925. The van der Waals surface area contributed by atoms with Crippen molar-refractivity contribution in [2.45, 2.75) is 45.1 Å². The van der Waals surface area contributed by atoms with E-state index in [4.69, 9.17) is 32.5 Å². The molecule has 1 aromatic carbocycles. The van der Waals surface area contributed by atoms with Crippen LogP contribution in [0.25, 0.3) is 0 Å². The van der Waals surface area contributed by atoms with Crippen LogP contribution in [0.15, 0.2) is 12.1 Å². The normalized spacial score (nSPS) is 20.9. The molecule has 1 aliphatic rings. The Morgan fingerprint density at radius 2 is 1.48 bits per heavy atom. The average Bonchev–Trinajstić information content (AvgIpc) is 2.50. The minimum Gasteiger partial charge on any atom is -0.399 e. The van der Waals surface area contributed by atoms with Crippen molar-refractivity contribution in [1.29, 1.82) is 0 Å². The van der Waals surface area contributed by atoms with Gasteiger partial charge in [0.05, 0.1) is 26.8 Å². The van der Waals surface area contributed by atoms with E-state index in [1.807, 2.05) is 27.7 Å². The number of alkyl halides is 3. The van der Waals surface area contributed by atoms with Gasteiger partial charge in [0.25, 0.3) is 0 Å². The first kappa shape index (κ1) is 16.9. The quantitative estimate of drug-likeness (QED) is 0.709. The van der Waals surface area contributed by atoms with Gasteiger partial charge in [-0.15, -0.1) is 0 Å². The predicted octanol–water partition coefficient (Wildman–Crippen LogP) is 4.31. The van der Waals surface area contributed by atoms with Gasteiger partial charge in [-0.2, -0.15) is 13.2 Å². The van der Waals surface area contributed by atoms with Crippen LogP contribution in [-0.2, 0) is 15.5 Å². The average molecular weight is 341 g/mol. The Morgan fingerprint density at radius 1 is 1.00 bits per heavy atom. The summed E-state index contributed by atoms with van der Waals surface area (Å²) in [5.41, 5.74) is -2.11. The van der Waals surface area contributed by atoms with Crippen LogP contribution in [0, 0.1) is 0 Å². The maximum Gasteiger partial charge on any atom is 0.494 e. The molecule has 0 bridgehead atoms. The van der Waals surface area contributed by atoms with E-state index in [1.165, 1.54) is 6.07 Å². The first-order valence-corrected chi connectivity index (χ1v) is 7.02. The number of halogens is 5. The Kier molecular flexibility index (Phi) is 4.07. The zero-order chi connectivity index (χ0) is 16.2. The molecule has 1 aromatic rings. The fraction of sp³-hybridized carbons (Fsp3) is 0.538. The van der Waals surface area contributed by atoms with E-state index in [-0.39, 0.29) is 10.5 Å². The molecule has 1 aliphatic heterocycles. The molecule has 2 nitrogen and oxygen atoms in total. The molecule has 0 aliphatic carbocycles. The zero-order valence-electron chi connectivity index (χ0n) is 11.9. The van der Waals surface area contributed by atoms with Crippen LogP contribution in [0.5, 0.6) is 0 Å². The lowest BCUT2D eigenvalue weighted by molar-refractivity contribution is -0.137. The molecular weight excluding hydrogens is 327 g/mol. The lowest BCUT2D eigenvalue weighted by atomic mass is 9.78. The van der Waals surface area contributed by atoms with Crippen molar-refractivity contribution in [2.24, 2.45) is 0 Å². The van der Waals surface area contributed by atoms with Crippen molar-refractivity contribution >= 4 is 35.8 Å². The first-order chi connectivity index (χ1) is 9.35. The third kappa shape index (κ3) is 3.04. The fourth-order valence-electron chi connectivity index (χ4n) is 1.93. The second-order valence-corrected chi connectivity index (χ2v) is 6.74. The van der Waals surface area contributed by atoms with E-state index >= 15 is 0 Å². The van der Waals surface area contributed by atoms with E-state index in [0.29, 0.717) is 0 Å². The van der Waals surface area contributed by atoms with Crippen LogP contribution in [-0.4, -0.2) is 18.3 Å². The van der Waals surface area contributed by atoms with Crippen LogP contribution in [0.3, 0.4) is 0 Å². The Morgan fingerprint density at radius 3 is 1.90 bits per heavy atom. The molecule has 1 heterocycles. The summed E-state index contributed by atoms with van der Waals surface area (Å²) in [6.45, 7) is 7.26. The minimum atomic E-state index is -4.60. The van der Waals surface area contributed by atoms with Gasteiger partial charge in [-0.1, -0.05) is 23.2 Å². The van der Waals surface area contributed by atoms with Crippen molar-refractivity contribution in [1.82, 2.24) is 0 Å². The van der Waals surface area contributed by atoms with Crippen LogP contribution in [0.4, 0.5) is 13.2 Å². The number of hydrogen-bond acceptors (Lipinski definition) is 2. The van der Waals surface area contributed by atoms with Crippen molar-refractivity contribution in [3.05, 3.63) is 27.7 Å². The summed E-state index contributed by atoms with van der Waals surface area (Å²) < 4.78 is 50.4. The van der Waals surface area contributed by atoms with E-state index in [0.717, 1.165) is 6.07 Å². The van der Waals surface area contributed by atoms with Gasteiger partial charge in [-0.05, 0) is 45.3 Å². The van der Waals surface area contributed by atoms with Gasteiger partial charge < -0.3 is 9.31 Å². The molecular formula is C13H14BCl2F3O2. The monoisotopic (exact) mass is 340 g/mol. The molecule has 0 N–H and O–H groups in total. The van der Waals surface area contributed by atoms with Gasteiger partial charge in [0.1, 0.15) is 0 Å². The summed E-state index contributed by atoms with van der Waals surface area (Å²) >= 11 is 11.4. The standard InChI is InChI=1S/C13H14BCl2F3O2/c1-11(2)12(3,4)21-14(20-11)7-5-8(13(17,18)19)10(16)9(15)6-7/h5-6H,1-4H3. The molecule has 21 heavy (non-hydrogen) atoms. The lowest BCUT2D eigenvalue weighted by Crippen LogP contribution is -2.41. The molecule has 8 heteroatoms. The van der Waals surface area contributed by atoms with Gasteiger partial charge in [0.2, 0.25) is 0 Å². The molecule has 0 amide bonds. The minimum absolute atomic E-state index is 0.184. The van der Waals surface area contributed by atoms with Crippen LogP contribution >= 0.6 is 23.2 Å². The second kappa shape index (κ2) is 5.05. The Balaban J connectivity index is 2.46. The second-order valence-electron chi connectivity index (χ2n) is 5.95. The molecule has 0 atom stereocenters. The van der Waals surface area contributed by atoms with E-state index in [2.05, 4.69) is 0 Å². The Hall–Kier alpha value is -0.425. The summed E-state index contributed by atoms with van der Waals surface area (Å²) in [6.07, 6.45) is -4.60. The van der Waals surface area contributed by atoms with Gasteiger partial charge in [0, 0.05) is 0 Å². The molecule has 0 aromatic heterocycles. The van der Waals surface area contributed by atoms with Crippen molar-refractivity contribution in [3.8, 4) is 0 Å². The topological polar surface area (TPSA) is 18.5 Å². The summed E-state index contributed by atoms with van der Waals surface area (Å²) in [4.78, 5) is 0. The SMILES string of the molecule is CC1(C)OB(c2cc(Cl)c(Cl)c(C(F)(F)F)c2)OC1(C)C. The summed E-state index contributed by atoms with van der Waals surface area (Å²) in [5.74, 6) is 0. The maximum absolute atomic E-state index is 13.0. The number of rotatable bonds is 1. The molecule has 1 fully saturated rings. The summed E-state index contributed by atoms with van der Waals surface area (Å²) in [6, 6.07) is 2.25. The Bertz CT molecular complexity index is 557. The highest BCUT2D eigenvalue weighted by Gasteiger charge is 2.52. The van der Waals surface area contributed by atoms with E-state index < -0.39 is 35.1 Å². The fourth-order valence-corrected chi connectivity index (χ4v) is 2.38. The third-order valence-electron chi connectivity index (χ3n) is 3.88. The van der Waals surface area contributed by atoms with Crippen LogP contribution in [0.2, 0.25) is 10.0 Å². The van der Waals surface area contributed by atoms with Crippen LogP contribution in [0.1, 0.15) is 33.3 Å². The van der Waals surface area contributed by atoms with Gasteiger partial charge in [-0.3, -0.25) is 0 Å². The highest BCUT2D eigenvalue weighted by Crippen LogP contribution is 2.40. The lowest BCUT2D eigenvalue weighted by Gasteiger charge is -2.32. The van der Waals surface area contributed by atoms with Crippen molar-refractivity contribution in [3.63, 3.8) is 0 Å². The largest absolute Gasteiger partial charge is 0.494 e. The van der Waals surface area contributed by atoms with Gasteiger partial charge in [-0.25, -0.2) is 0 Å². The smallest absolute Gasteiger partial charge is 0.399 e. The van der Waals surface area contributed by atoms with E-state index in [9.17, 15) is 13.2 Å².